The van der Waals surface area contributed by atoms with E-state index in [1.54, 1.807) is 0 Å². The van der Waals surface area contributed by atoms with Crippen LogP contribution in [0.1, 0.15) is 6.92 Å². The van der Waals surface area contributed by atoms with Gasteiger partial charge >= 0.3 is 12.5 Å². The second kappa shape index (κ2) is 2.05. The molecule has 6 nitrogen and oxygen atoms in total. The maximum atomic E-state index is 10.6. The number of imide groups is 1. The summed E-state index contributed by atoms with van der Waals surface area (Å²) in [4.78, 5) is 31.8. The number of hydrogen-bond acceptors (Lipinski definition) is 3. The minimum atomic E-state index is -0.525. The van der Waals surface area contributed by atoms with Gasteiger partial charge in [-0.2, -0.15) is 0 Å². The zero-order valence-electron chi connectivity index (χ0n) is 5.33. The molecule has 0 atom stereocenters. The smallest absolute Gasteiger partial charge is 0.273 e. The van der Waals surface area contributed by atoms with Crippen molar-refractivity contribution in [1.29, 1.82) is 0 Å². The lowest BCUT2D eigenvalue weighted by atomic mass is 10.5. The summed E-state index contributed by atoms with van der Waals surface area (Å²) in [5, 5.41) is 0.674. The Morgan fingerprint density at radius 3 is 2.60 bits per heavy atom. The fourth-order valence-electron chi connectivity index (χ4n) is 0.642. The van der Waals surface area contributed by atoms with Gasteiger partial charge in [-0.15, -0.1) is 5.01 Å². The van der Waals surface area contributed by atoms with Crippen LogP contribution in [0.15, 0.2) is 0 Å². The van der Waals surface area contributed by atoms with Crippen molar-refractivity contribution in [3.8, 4) is 0 Å². The Hall–Kier alpha value is -1.46. The van der Waals surface area contributed by atoms with E-state index in [0.717, 1.165) is 0 Å². The first-order chi connectivity index (χ1) is 4.61. The Kier molecular flexibility index (Phi) is 1.37. The van der Waals surface area contributed by atoms with Crippen molar-refractivity contribution in [2.45, 2.75) is 6.92 Å². The van der Waals surface area contributed by atoms with E-state index in [9.17, 15) is 14.5 Å². The molecule has 0 spiro atoms. The van der Waals surface area contributed by atoms with Gasteiger partial charge in [-0.3, -0.25) is 9.59 Å². The molecule has 0 saturated carbocycles. The van der Waals surface area contributed by atoms with Gasteiger partial charge in [0.05, 0.1) is 4.91 Å². The average molecular weight is 144 g/mol. The lowest BCUT2D eigenvalue weighted by Crippen LogP contribution is -2.39. The molecule has 0 aromatic heterocycles. The number of amides is 2. The van der Waals surface area contributed by atoms with E-state index in [4.69, 9.17) is 0 Å². The minimum Gasteiger partial charge on any atom is -0.273 e. The first-order valence-electron chi connectivity index (χ1n) is 2.66. The standard InChI is InChI=1S/C4H6N3O3/c1-3(8)7-4(9)2-6(10)5-7/h2H2,1H3,(H,5,10)/q+1. The van der Waals surface area contributed by atoms with E-state index in [-0.39, 0.29) is 6.54 Å². The Labute approximate surface area is 56.3 Å². The molecule has 6 heteroatoms. The Morgan fingerprint density at radius 2 is 2.40 bits per heavy atom. The Balaban J connectivity index is 2.72. The molecule has 0 unspecified atom stereocenters. The van der Waals surface area contributed by atoms with Crippen LogP contribution in [0.25, 0.3) is 0 Å². The number of hydrogen-bond donors (Lipinski definition) is 1. The first-order valence-corrected chi connectivity index (χ1v) is 2.66. The first kappa shape index (κ1) is 6.66. The average Bonchev–Trinajstić information content (AvgIpc) is 2.10. The van der Waals surface area contributed by atoms with Crippen molar-refractivity contribution in [2.24, 2.45) is 0 Å². The SMILES string of the molecule is CC(=O)N1N[N+](=O)CC1=O. The number of rotatable bonds is 0. The quantitative estimate of drug-likeness (QED) is 0.423. The molecule has 0 aliphatic carbocycles. The van der Waals surface area contributed by atoms with Gasteiger partial charge in [-0.25, -0.2) is 0 Å². The van der Waals surface area contributed by atoms with Gasteiger partial charge in [0.15, 0.2) is 0 Å². The number of hydrazine groups is 2. The molecule has 1 saturated heterocycles. The molecular weight excluding hydrogens is 138 g/mol. The maximum absolute atomic E-state index is 10.6. The Bertz CT molecular complexity index is 212. The third-order valence-electron chi connectivity index (χ3n) is 1.05. The fraction of sp³-hybridized carbons (Fsp3) is 0.500. The zero-order chi connectivity index (χ0) is 7.72. The summed E-state index contributed by atoms with van der Waals surface area (Å²) in [6.45, 7) is 0.892. The molecule has 1 N–H and O–H groups in total. The third kappa shape index (κ3) is 0.949. The van der Waals surface area contributed by atoms with Crippen molar-refractivity contribution >= 4 is 11.8 Å². The highest BCUT2D eigenvalue weighted by Gasteiger charge is 2.36. The monoisotopic (exact) mass is 144 g/mol. The predicted octanol–water partition coefficient (Wildman–Crippen LogP) is -1.43. The molecule has 1 heterocycles. The van der Waals surface area contributed by atoms with Crippen molar-refractivity contribution in [3.05, 3.63) is 4.91 Å². The number of carbonyl (C=O) groups excluding carboxylic acids is 2. The van der Waals surface area contributed by atoms with Gasteiger partial charge in [0.1, 0.15) is 4.87 Å². The van der Waals surface area contributed by atoms with Crippen LogP contribution in [0.3, 0.4) is 0 Å². The summed E-state index contributed by atoms with van der Waals surface area (Å²) < 4.78 is 0. The molecule has 1 rings (SSSR count). The summed E-state index contributed by atoms with van der Waals surface area (Å²) >= 11 is 0. The van der Waals surface area contributed by atoms with Crippen molar-refractivity contribution < 1.29 is 14.5 Å². The molecule has 2 amide bonds. The van der Waals surface area contributed by atoms with Gasteiger partial charge in [-0.1, -0.05) is 0 Å². The largest absolute Gasteiger partial charge is 0.326 e. The van der Waals surface area contributed by atoms with E-state index < -0.39 is 11.8 Å². The second-order valence-corrected chi connectivity index (χ2v) is 1.88. The molecule has 10 heavy (non-hydrogen) atoms. The van der Waals surface area contributed by atoms with Crippen LogP contribution >= 0.6 is 0 Å². The number of nitrogens with zero attached hydrogens (tertiary/aromatic N) is 2. The lowest BCUT2D eigenvalue weighted by Gasteiger charge is -2.01. The van der Waals surface area contributed by atoms with Crippen LogP contribution in [0.5, 0.6) is 0 Å². The molecule has 0 aromatic rings. The van der Waals surface area contributed by atoms with Gasteiger partial charge < -0.3 is 0 Å². The fourth-order valence-corrected chi connectivity index (χ4v) is 0.642. The lowest BCUT2D eigenvalue weighted by molar-refractivity contribution is -0.598. The molecular formula is C4H6N3O3+. The number of nitroso groups, excluding NO2 is 1. The summed E-state index contributed by atoms with van der Waals surface area (Å²) in [7, 11) is 0. The molecule has 1 aliphatic heterocycles. The summed E-state index contributed by atoms with van der Waals surface area (Å²) in [6.07, 6.45) is 0. The van der Waals surface area contributed by atoms with E-state index in [1.807, 2.05) is 5.53 Å². The summed E-state index contributed by atoms with van der Waals surface area (Å²) in [6, 6.07) is 0. The number of nitrogens with one attached hydrogen (secondary N) is 1. The van der Waals surface area contributed by atoms with Crippen LogP contribution in [-0.4, -0.2) is 28.2 Å². The van der Waals surface area contributed by atoms with Crippen molar-refractivity contribution in [3.63, 3.8) is 0 Å². The van der Waals surface area contributed by atoms with Crippen LogP contribution in [0, 0.1) is 4.91 Å². The topological polar surface area (TPSA) is 69.5 Å². The normalized spacial score (nSPS) is 17.5. The van der Waals surface area contributed by atoms with Crippen LogP contribution < -0.4 is 5.53 Å². The molecule has 1 aliphatic rings. The predicted molar refractivity (Wildman–Crippen MR) is 29.2 cm³/mol. The van der Waals surface area contributed by atoms with Gasteiger partial charge in [0.25, 0.3) is 0 Å². The highest BCUT2D eigenvalue weighted by molar-refractivity contribution is 5.94. The highest BCUT2D eigenvalue weighted by Crippen LogP contribution is 1.93. The van der Waals surface area contributed by atoms with Crippen LogP contribution in [0.2, 0.25) is 0 Å². The Morgan fingerprint density at radius 1 is 1.80 bits per heavy atom. The molecule has 0 bridgehead atoms. The highest BCUT2D eigenvalue weighted by atomic mass is 16.4. The summed E-state index contributed by atoms with van der Waals surface area (Å²) in [5.41, 5.74) is 2.02. The third-order valence-corrected chi connectivity index (χ3v) is 1.05. The minimum absolute atomic E-state index is 0.295. The van der Waals surface area contributed by atoms with E-state index in [2.05, 4.69) is 0 Å². The van der Waals surface area contributed by atoms with E-state index in [0.29, 0.717) is 9.88 Å². The summed E-state index contributed by atoms with van der Waals surface area (Å²) in [5.74, 6) is -1.01. The van der Waals surface area contributed by atoms with Gasteiger partial charge in [-0.05, 0) is 5.53 Å². The number of carbonyl (C=O) groups is 2. The second-order valence-electron chi connectivity index (χ2n) is 1.88. The molecule has 54 valence electrons. The maximum Gasteiger partial charge on any atom is 0.326 e. The van der Waals surface area contributed by atoms with Crippen molar-refractivity contribution in [2.75, 3.05) is 6.54 Å². The van der Waals surface area contributed by atoms with Crippen LogP contribution in [-0.2, 0) is 9.59 Å². The van der Waals surface area contributed by atoms with Gasteiger partial charge in [0.2, 0.25) is 5.91 Å². The molecule has 1 fully saturated rings. The molecule has 0 radical (unpaired) electrons. The van der Waals surface area contributed by atoms with Crippen LogP contribution in [0.4, 0.5) is 0 Å². The van der Waals surface area contributed by atoms with E-state index in [1.165, 1.54) is 6.92 Å². The zero-order valence-corrected chi connectivity index (χ0v) is 5.33. The molecule has 0 aromatic carbocycles. The van der Waals surface area contributed by atoms with Gasteiger partial charge in [0, 0.05) is 6.92 Å². The van der Waals surface area contributed by atoms with Crippen molar-refractivity contribution in [1.82, 2.24) is 10.5 Å². The van der Waals surface area contributed by atoms with E-state index >= 15 is 0 Å².